The van der Waals surface area contributed by atoms with Crippen LogP contribution in [0.3, 0.4) is 0 Å². The second-order valence-corrected chi connectivity index (χ2v) is 4.75. The van der Waals surface area contributed by atoms with Gasteiger partial charge in [-0.3, -0.25) is 0 Å². The Morgan fingerprint density at radius 2 is 2.06 bits per heavy atom. The van der Waals surface area contributed by atoms with Crippen molar-refractivity contribution in [3.8, 4) is 0 Å². The first-order valence-corrected chi connectivity index (χ1v) is 5.89. The maximum absolute atomic E-state index is 10.4. The fourth-order valence-corrected chi connectivity index (χ4v) is 1.57. The lowest BCUT2D eigenvalue weighted by Gasteiger charge is -2.24. The zero-order valence-electron chi connectivity index (χ0n) is 10.9. The van der Waals surface area contributed by atoms with Gasteiger partial charge >= 0.3 is 5.97 Å². The van der Waals surface area contributed by atoms with Crippen LogP contribution in [0, 0.1) is 0 Å². The average molecular weight is 228 g/mol. The topological polar surface area (TPSA) is 46.5 Å². The first-order valence-electron chi connectivity index (χ1n) is 5.89. The summed E-state index contributed by atoms with van der Waals surface area (Å²) in [5, 5.41) is 8.53. The number of carboxylic acids is 1. The van der Waals surface area contributed by atoms with E-state index in [0.717, 1.165) is 25.7 Å². The van der Waals surface area contributed by atoms with Gasteiger partial charge in [-0.2, -0.15) is 0 Å². The fourth-order valence-electron chi connectivity index (χ4n) is 1.57. The van der Waals surface area contributed by atoms with E-state index in [9.17, 15) is 4.79 Å². The van der Waals surface area contributed by atoms with E-state index < -0.39 is 5.97 Å². The van der Waals surface area contributed by atoms with E-state index in [1.165, 1.54) is 5.57 Å². The third kappa shape index (κ3) is 8.48. The highest BCUT2D eigenvalue weighted by Gasteiger charge is 2.19. The molecular weight excluding hydrogens is 204 g/mol. The molecule has 0 aliphatic rings. The smallest absolute Gasteiger partial charge is 0.329 e. The van der Waals surface area contributed by atoms with E-state index in [2.05, 4.69) is 19.9 Å². The van der Waals surface area contributed by atoms with Gasteiger partial charge in [0.25, 0.3) is 0 Å². The van der Waals surface area contributed by atoms with Crippen LogP contribution in [0.2, 0.25) is 0 Å². The largest absolute Gasteiger partial charge is 0.480 e. The third-order valence-electron chi connectivity index (χ3n) is 2.49. The number of rotatable bonds is 8. The van der Waals surface area contributed by atoms with Gasteiger partial charge in [-0.25, -0.2) is 4.79 Å². The first kappa shape index (κ1) is 15.2. The minimum atomic E-state index is -0.907. The van der Waals surface area contributed by atoms with Crippen LogP contribution in [0.15, 0.2) is 11.6 Å². The van der Waals surface area contributed by atoms with Crippen molar-refractivity contribution in [2.75, 3.05) is 6.61 Å². The zero-order chi connectivity index (χ0) is 12.6. The summed E-state index contributed by atoms with van der Waals surface area (Å²) in [5.74, 6) is -0.907. The second-order valence-electron chi connectivity index (χ2n) is 4.75. The molecule has 0 unspecified atom stereocenters. The number of carboxylic acid groups (broad SMARTS) is 1. The molecule has 0 radical (unpaired) electrons. The zero-order valence-corrected chi connectivity index (χ0v) is 10.9. The summed E-state index contributed by atoms with van der Waals surface area (Å²) in [5.41, 5.74) is 1.06. The Labute approximate surface area is 98.5 Å². The normalized spacial score (nSPS) is 12.9. The van der Waals surface area contributed by atoms with Crippen LogP contribution in [0.25, 0.3) is 0 Å². The van der Waals surface area contributed by atoms with Gasteiger partial charge < -0.3 is 9.84 Å². The number of hydrogen-bond acceptors (Lipinski definition) is 2. The molecule has 16 heavy (non-hydrogen) atoms. The molecule has 0 aliphatic heterocycles. The molecule has 0 aromatic heterocycles. The van der Waals surface area contributed by atoms with Gasteiger partial charge in [-0.15, -0.1) is 0 Å². The molecule has 0 heterocycles. The van der Waals surface area contributed by atoms with Crippen molar-refractivity contribution in [3.05, 3.63) is 11.6 Å². The lowest BCUT2D eigenvalue weighted by atomic mass is 9.99. The maximum atomic E-state index is 10.4. The Bertz CT molecular complexity index is 242. The van der Waals surface area contributed by atoms with Crippen molar-refractivity contribution in [2.45, 2.75) is 59.0 Å². The highest BCUT2D eigenvalue weighted by atomic mass is 16.5. The minimum absolute atomic E-state index is 0.212. The van der Waals surface area contributed by atoms with E-state index in [1.54, 1.807) is 0 Å². The molecule has 0 fully saturated rings. The predicted molar refractivity (Wildman–Crippen MR) is 65.6 cm³/mol. The quantitative estimate of drug-likeness (QED) is 0.648. The number of allylic oxidation sites excluding steroid dienone is 2. The molecule has 0 aromatic rings. The van der Waals surface area contributed by atoms with E-state index in [1.807, 2.05) is 13.8 Å². The van der Waals surface area contributed by atoms with Gasteiger partial charge in [-0.1, -0.05) is 18.6 Å². The molecule has 0 rings (SSSR count). The van der Waals surface area contributed by atoms with Crippen LogP contribution >= 0.6 is 0 Å². The summed E-state index contributed by atoms with van der Waals surface area (Å²) in [6.07, 6.45) is 6.29. The Kier molecular flexibility index (Phi) is 7.06. The third-order valence-corrected chi connectivity index (χ3v) is 2.49. The van der Waals surface area contributed by atoms with Crippen LogP contribution in [-0.2, 0) is 9.53 Å². The molecule has 0 saturated heterocycles. The summed E-state index contributed by atoms with van der Waals surface area (Å²) in [6.45, 7) is 7.93. The second kappa shape index (κ2) is 7.44. The minimum Gasteiger partial charge on any atom is -0.480 e. The van der Waals surface area contributed by atoms with Gasteiger partial charge in [0.2, 0.25) is 0 Å². The van der Waals surface area contributed by atoms with E-state index in [4.69, 9.17) is 9.84 Å². The van der Waals surface area contributed by atoms with Gasteiger partial charge in [0.1, 0.15) is 6.61 Å². The summed E-state index contributed by atoms with van der Waals surface area (Å²) < 4.78 is 5.31. The fraction of sp³-hybridized carbons (Fsp3) is 0.769. The van der Waals surface area contributed by atoms with Gasteiger partial charge in [0, 0.05) is 0 Å². The number of aliphatic carboxylic acids is 1. The molecule has 94 valence electrons. The van der Waals surface area contributed by atoms with Crippen molar-refractivity contribution in [1.82, 2.24) is 0 Å². The Hall–Kier alpha value is -0.830. The van der Waals surface area contributed by atoms with Crippen molar-refractivity contribution < 1.29 is 14.6 Å². The highest BCUT2D eigenvalue weighted by molar-refractivity contribution is 5.68. The summed E-state index contributed by atoms with van der Waals surface area (Å²) in [6, 6.07) is 0. The Morgan fingerprint density at radius 3 is 2.56 bits per heavy atom. The summed E-state index contributed by atoms with van der Waals surface area (Å²) >= 11 is 0. The lowest BCUT2D eigenvalue weighted by molar-refractivity contribution is -0.148. The van der Waals surface area contributed by atoms with E-state index in [0.29, 0.717) is 0 Å². The summed E-state index contributed by atoms with van der Waals surface area (Å²) in [4.78, 5) is 10.4. The number of ether oxygens (including phenoxy) is 1. The van der Waals surface area contributed by atoms with Crippen molar-refractivity contribution in [2.24, 2.45) is 0 Å². The van der Waals surface area contributed by atoms with Crippen LogP contribution in [-0.4, -0.2) is 23.3 Å². The maximum Gasteiger partial charge on any atom is 0.329 e. The van der Waals surface area contributed by atoms with Gasteiger partial charge in [0.05, 0.1) is 5.60 Å². The SMILES string of the molecule is CCC=C(C)CCCC(C)(C)OCC(=O)O. The van der Waals surface area contributed by atoms with Crippen LogP contribution in [0.5, 0.6) is 0 Å². The van der Waals surface area contributed by atoms with Crippen LogP contribution in [0.1, 0.15) is 53.4 Å². The van der Waals surface area contributed by atoms with Gasteiger partial charge in [0.15, 0.2) is 0 Å². The van der Waals surface area contributed by atoms with Crippen molar-refractivity contribution in [1.29, 1.82) is 0 Å². The highest BCUT2D eigenvalue weighted by Crippen LogP contribution is 2.19. The first-order chi connectivity index (χ1) is 7.37. The number of carbonyl (C=O) groups is 1. The molecule has 0 spiro atoms. The molecule has 0 atom stereocenters. The molecule has 0 bridgehead atoms. The molecule has 0 saturated carbocycles. The van der Waals surface area contributed by atoms with Gasteiger partial charge in [-0.05, 0) is 46.5 Å². The van der Waals surface area contributed by atoms with E-state index in [-0.39, 0.29) is 12.2 Å². The molecule has 0 aliphatic carbocycles. The van der Waals surface area contributed by atoms with Crippen molar-refractivity contribution >= 4 is 5.97 Å². The average Bonchev–Trinajstić information content (AvgIpc) is 2.15. The summed E-state index contributed by atoms with van der Waals surface area (Å²) in [7, 11) is 0. The molecule has 1 N–H and O–H groups in total. The molecule has 0 aromatic carbocycles. The monoisotopic (exact) mass is 228 g/mol. The molecule has 3 heteroatoms. The Balaban J connectivity index is 3.81. The van der Waals surface area contributed by atoms with Crippen molar-refractivity contribution in [3.63, 3.8) is 0 Å². The standard InChI is InChI=1S/C13H24O3/c1-5-7-11(2)8-6-9-13(3,4)16-10-12(14)15/h7H,5-6,8-10H2,1-4H3,(H,14,15). The van der Waals surface area contributed by atoms with Crippen LogP contribution in [0.4, 0.5) is 0 Å². The lowest BCUT2D eigenvalue weighted by Crippen LogP contribution is -2.27. The van der Waals surface area contributed by atoms with E-state index >= 15 is 0 Å². The predicted octanol–water partition coefficient (Wildman–Crippen LogP) is 3.39. The molecule has 3 nitrogen and oxygen atoms in total. The number of hydrogen-bond donors (Lipinski definition) is 1. The Morgan fingerprint density at radius 1 is 1.44 bits per heavy atom. The molecular formula is C13H24O3. The molecule has 0 amide bonds. The van der Waals surface area contributed by atoms with Crippen LogP contribution < -0.4 is 0 Å².